The maximum atomic E-state index is 5.54. The number of rotatable bonds is 15. The molecule has 11 heteroatoms. The number of aryl methyl sites for hydroxylation is 1. The number of aromatic nitrogens is 5. The van der Waals surface area contributed by atoms with Crippen molar-refractivity contribution in [2.75, 3.05) is 74.7 Å². The molecule has 0 atom stereocenters. The highest BCUT2D eigenvalue weighted by atomic mass is 16.5. The van der Waals surface area contributed by atoms with Crippen LogP contribution in [0.5, 0.6) is 0 Å². The number of hydrogen-bond donors (Lipinski definition) is 3. The van der Waals surface area contributed by atoms with Crippen molar-refractivity contribution in [1.82, 2.24) is 24.5 Å². The molecule has 0 bridgehead atoms. The molecular weight excluding hydrogens is 386 g/mol. The van der Waals surface area contributed by atoms with Gasteiger partial charge in [0.2, 0.25) is 17.8 Å². The molecule has 0 unspecified atom stereocenters. The molecular formula is C19H33N9O2. The summed E-state index contributed by atoms with van der Waals surface area (Å²) in [7, 11) is 0. The molecule has 1 aliphatic heterocycles. The summed E-state index contributed by atoms with van der Waals surface area (Å²) in [5.74, 6) is 1.88. The largest absolute Gasteiger partial charge is 0.378 e. The van der Waals surface area contributed by atoms with Crippen molar-refractivity contribution >= 4 is 17.8 Å². The van der Waals surface area contributed by atoms with Gasteiger partial charge in [-0.2, -0.15) is 15.0 Å². The number of nitrogens with one attached hydrogen (secondary N) is 2. The number of hydrogen-bond acceptors (Lipinski definition) is 10. The summed E-state index contributed by atoms with van der Waals surface area (Å²) >= 11 is 0. The first-order valence-corrected chi connectivity index (χ1v) is 10.7. The van der Waals surface area contributed by atoms with Crippen molar-refractivity contribution < 1.29 is 9.47 Å². The van der Waals surface area contributed by atoms with Gasteiger partial charge in [0.05, 0.1) is 32.8 Å². The molecule has 1 saturated heterocycles. The van der Waals surface area contributed by atoms with Crippen molar-refractivity contribution in [2.45, 2.75) is 25.8 Å². The van der Waals surface area contributed by atoms with Gasteiger partial charge in [0.1, 0.15) is 0 Å². The quantitative estimate of drug-likeness (QED) is 0.353. The van der Waals surface area contributed by atoms with E-state index in [0.717, 1.165) is 38.5 Å². The van der Waals surface area contributed by atoms with E-state index in [0.29, 0.717) is 51.4 Å². The van der Waals surface area contributed by atoms with Gasteiger partial charge in [0.15, 0.2) is 0 Å². The minimum atomic E-state index is 0.528. The average Bonchev–Trinajstić information content (AvgIpc) is 3.47. The molecule has 0 amide bonds. The van der Waals surface area contributed by atoms with Crippen LogP contribution in [-0.4, -0.2) is 83.7 Å². The van der Waals surface area contributed by atoms with Crippen LogP contribution in [0.2, 0.25) is 0 Å². The third-order valence-electron chi connectivity index (χ3n) is 4.61. The fraction of sp³-hybridized carbons (Fsp3) is 0.684. The van der Waals surface area contributed by atoms with Gasteiger partial charge in [-0.3, -0.25) is 0 Å². The summed E-state index contributed by atoms with van der Waals surface area (Å²) < 4.78 is 12.9. The van der Waals surface area contributed by atoms with Crippen LogP contribution in [0, 0.1) is 0 Å². The zero-order chi connectivity index (χ0) is 20.9. The van der Waals surface area contributed by atoms with Crippen LogP contribution in [0.25, 0.3) is 0 Å². The Hall–Kier alpha value is -2.50. The first-order valence-electron chi connectivity index (χ1n) is 10.7. The van der Waals surface area contributed by atoms with E-state index in [1.165, 1.54) is 12.8 Å². The molecule has 1 fully saturated rings. The topological polar surface area (TPSA) is 128 Å². The Morgan fingerprint density at radius 2 is 1.67 bits per heavy atom. The summed E-state index contributed by atoms with van der Waals surface area (Å²) in [5.41, 5.74) is 5.38. The Labute approximate surface area is 177 Å². The van der Waals surface area contributed by atoms with Crippen LogP contribution in [0.4, 0.5) is 17.8 Å². The fourth-order valence-electron chi connectivity index (χ4n) is 3.10. The third kappa shape index (κ3) is 7.73. The van der Waals surface area contributed by atoms with Gasteiger partial charge in [-0.05, 0) is 19.3 Å². The van der Waals surface area contributed by atoms with Crippen molar-refractivity contribution in [3.8, 4) is 0 Å². The molecule has 3 heterocycles. The predicted octanol–water partition coefficient (Wildman–Crippen LogP) is 0.574. The van der Waals surface area contributed by atoms with Crippen molar-refractivity contribution in [1.29, 1.82) is 0 Å². The van der Waals surface area contributed by atoms with Crippen molar-refractivity contribution in [3.05, 3.63) is 18.7 Å². The van der Waals surface area contributed by atoms with Crippen LogP contribution >= 0.6 is 0 Å². The molecule has 0 radical (unpaired) electrons. The van der Waals surface area contributed by atoms with E-state index in [1.54, 1.807) is 6.20 Å². The molecule has 0 spiro atoms. The number of nitrogens with two attached hydrogens (primary N) is 1. The molecule has 166 valence electrons. The highest BCUT2D eigenvalue weighted by molar-refractivity contribution is 5.44. The van der Waals surface area contributed by atoms with Crippen LogP contribution in [0.1, 0.15) is 19.3 Å². The van der Waals surface area contributed by atoms with Gasteiger partial charge in [-0.25, -0.2) is 4.98 Å². The van der Waals surface area contributed by atoms with Gasteiger partial charge in [0, 0.05) is 51.7 Å². The lowest BCUT2D eigenvalue weighted by Crippen LogP contribution is -2.23. The third-order valence-corrected chi connectivity index (χ3v) is 4.61. The Balaban J connectivity index is 1.46. The second-order valence-corrected chi connectivity index (χ2v) is 7.00. The van der Waals surface area contributed by atoms with Crippen molar-refractivity contribution in [2.24, 2.45) is 5.73 Å². The molecule has 1 aliphatic rings. The van der Waals surface area contributed by atoms with E-state index in [2.05, 4.69) is 40.0 Å². The van der Waals surface area contributed by atoms with Gasteiger partial charge in [-0.1, -0.05) is 0 Å². The smallest absolute Gasteiger partial charge is 0.231 e. The first-order chi connectivity index (χ1) is 14.8. The number of ether oxygens (including phenoxy) is 2. The lowest BCUT2D eigenvalue weighted by Gasteiger charge is -2.17. The Kier molecular flexibility index (Phi) is 9.57. The maximum Gasteiger partial charge on any atom is 0.231 e. The zero-order valence-corrected chi connectivity index (χ0v) is 17.5. The average molecular weight is 420 g/mol. The van der Waals surface area contributed by atoms with E-state index in [-0.39, 0.29) is 0 Å². The van der Waals surface area contributed by atoms with E-state index in [9.17, 15) is 0 Å². The molecule has 30 heavy (non-hydrogen) atoms. The van der Waals surface area contributed by atoms with Gasteiger partial charge in [-0.15, -0.1) is 0 Å². The monoisotopic (exact) mass is 419 g/mol. The summed E-state index contributed by atoms with van der Waals surface area (Å²) in [5, 5.41) is 6.56. The Morgan fingerprint density at radius 1 is 0.933 bits per heavy atom. The zero-order valence-electron chi connectivity index (χ0n) is 17.5. The highest BCUT2D eigenvalue weighted by Gasteiger charge is 2.17. The minimum Gasteiger partial charge on any atom is -0.378 e. The maximum absolute atomic E-state index is 5.54. The van der Waals surface area contributed by atoms with E-state index in [4.69, 9.17) is 15.2 Å². The number of imidazole rings is 1. The van der Waals surface area contributed by atoms with E-state index < -0.39 is 0 Å². The molecule has 2 aromatic heterocycles. The molecule has 0 saturated carbocycles. The van der Waals surface area contributed by atoms with Crippen molar-refractivity contribution in [3.63, 3.8) is 0 Å². The molecule has 2 aromatic rings. The minimum absolute atomic E-state index is 0.528. The first kappa shape index (κ1) is 22.2. The second-order valence-electron chi connectivity index (χ2n) is 7.00. The highest BCUT2D eigenvalue weighted by Crippen LogP contribution is 2.18. The van der Waals surface area contributed by atoms with Crippen LogP contribution < -0.4 is 21.3 Å². The predicted molar refractivity (Wildman–Crippen MR) is 116 cm³/mol. The molecule has 0 aliphatic carbocycles. The van der Waals surface area contributed by atoms with E-state index >= 15 is 0 Å². The van der Waals surface area contributed by atoms with Gasteiger partial charge < -0.3 is 35.3 Å². The van der Waals surface area contributed by atoms with Crippen LogP contribution in [0.3, 0.4) is 0 Å². The molecule has 0 aromatic carbocycles. The van der Waals surface area contributed by atoms with Crippen LogP contribution in [0.15, 0.2) is 18.7 Å². The van der Waals surface area contributed by atoms with Crippen LogP contribution in [-0.2, 0) is 16.0 Å². The molecule has 11 nitrogen and oxygen atoms in total. The lowest BCUT2D eigenvalue weighted by molar-refractivity contribution is 0.0547. The van der Waals surface area contributed by atoms with E-state index in [1.807, 2.05) is 12.5 Å². The normalized spacial score (nSPS) is 13.7. The molecule has 3 rings (SSSR count). The molecule has 4 N–H and O–H groups in total. The lowest BCUT2D eigenvalue weighted by atomic mass is 10.4. The van der Waals surface area contributed by atoms with Gasteiger partial charge >= 0.3 is 0 Å². The Morgan fingerprint density at radius 3 is 2.37 bits per heavy atom. The second kappa shape index (κ2) is 12.9. The van der Waals surface area contributed by atoms with Gasteiger partial charge in [0.25, 0.3) is 0 Å². The summed E-state index contributed by atoms with van der Waals surface area (Å²) in [6.07, 6.45) is 8.86. The summed E-state index contributed by atoms with van der Waals surface area (Å²) in [6, 6.07) is 0. The SMILES string of the molecule is NCCOCCOCCNc1nc(NCCCn2ccnc2)nc(N2CCCC2)n1. The Bertz CT molecular complexity index is 708. The number of anilines is 3. The summed E-state index contributed by atoms with van der Waals surface area (Å²) in [4.78, 5) is 20.0. The standard InChI is InChI=1S/C19H33N9O2/c20-4-12-29-14-15-30-13-7-23-18-24-17(22-5-3-8-27-11-6-21-16-27)25-19(26-18)28-9-1-2-10-28/h6,11,16H,1-5,7-10,12-15,20H2,(H2,22,23,24,25,26). The number of nitrogens with zero attached hydrogens (tertiary/aromatic N) is 6. The summed E-state index contributed by atoms with van der Waals surface area (Å²) in [6.45, 7) is 6.97. The fourth-order valence-corrected chi connectivity index (χ4v) is 3.10.